The molecule has 3 aliphatic heterocycles. The Bertz CT molecular complexity index is 488. The summed E-state index contributed by atoms with van der Waals surface area (Å²) in [4.78, 5) is 25.7. The minimum Gasteiger partial charge on any atom is -0.481 e. The highest BCUT2D eigenvalue weighted by Crippen LogP contribution is 2.51. The third-order valence-electron chi connectivity index (χ3n) is 4.49. The molecule has 21 heavy (non-hydrogen) atoms. The Labute approximate surface area is 123 Å². The van der Waals surface area contributed by atoms with Gasteiger partial charge in [-0.15, -0.1) is 0 Å². The minimum atomic E-state index is -0.949. The summed E-state index contributed by atoms with van der Waals surface area (Å²) in [6, 6.07) is 0. The van der Waals surface area contributed by atoms with Crippen molar-refractivity contribution >= 4 is 11.9 Å². The number of carbonyl (C=O) groups excluding carboxylic acids is 1. The highest BCUT2D eigenvalue weighted by molar-refractivity contribution is 5.90. The third-order valence-corrected chi connectivity index (χ3v) is 4.49. The van der Waals surface area contributed by atoms with Crippen LogP contribution in [0.3, 0.4) is 0 Å². The summed E-state index contributed by atoms with van der Waals surface area (Å²) in [6.07, 6.45) is 4.13. The second-order valence-electron chi connectivity index (χ2n) is 6.27. The van der Waals surface area contributed by atoms with Crippen LogP contribution in [0.5, 0.6) is 0 Å². The van der Waals surface area contributed by atoms with Crippen LogP contribution in [0.2, 0.25) is 0 Å². The second-order valence-corrected chi connectivity index (χ2v) is 6.27. The number of ether oxygens (including phenoxy) is 2. The van der Waals surface area contributed by atoms with E-state index in [1.54, 1.807) is 11.0 Å². The summed E-state index contributed by atoms with van der Waals surface area (Å²) < 4.78 is 11.3. The van der Waals surface area contributed by atoms with Crippen molar-refractivity contribution in [1.82, 2.24) is 4.90 Å². The van der Waals surface area contributed by atoms with Crippen LogP contribution in [0.1, 0.15) is 20.3 Å². The molecule has 6 nitrogen and oxygen atoms in total. The molecule has 0 radical (unpaired) electrons. The Balaban J connectivity index is 1.65. The number of amides is 1. The standard InChI is InChI=1S/C15H21NO5/c1-9(2)20-7-3-6-16-8-15-5-4-10(21-15)11(14(18)19)12(15)13(16)17/h4-5,9-12H,3,6-8H2,1-2H3,(H,18,19)/t10-,11-,12-,15+/m0/s1. The Morgan fingerprint density at radius 1 is 1.62 bits per heavy atom. The quantitative estimate of drug-likeness (QED) is 0.576. The number of aliphatic carboxylic acids is 1. The first-order valence-electron chi connectivity index (χ1n) is 7.45. The van der Waals surface area contributed by atoms with E-state index < -0.39 is 29.5 Å². The molecule has 3 heterocycles. The van der Waals surface area contributed by atoms with Gasteiger partial charge in [0.2, 0.25) is 5.91 Å². The molecular formula is C15H21NO5. The van der Waals surface area contributed by atoms with Crippen LogP contribution in [-0.4, -0.2) is 59.4 Å². The molecule has 2 fully saturated rings. The number of nitrogens with zero attached hydrogens (tertiary/aromatic N) is 1. The number of carboxylic acids is 1. The van der Waals surface area contributed by atoms with Crippen LogP contribution in [0.4, 0.5) is 0 Å². The molecule has 0 aromatic heterocycles. The van der Waals surface area contributed by atoms with Gasteiger partial charge in [-0.05, 0) is 20.3 Å². The Morgan fingerprint density at radius 3 is 3.05 bits per heavy atom. The molecule has 3 aliphatic rings. The summed E-state index contributed by atoms with van der Waals surface area (Å²) in [5.74, 6) is -2.37. The van der Waals surface area contributed by atoms with Crippen LogP contribution >= 0.6 is 0 Å². The predicted molar refractivity (Wildman–Crippen MR) is 73.6 cm³/mol. The van der Waals surface area contributed by atoms with Gasteiger partial charge in [0.25, 0.3) is 0 Å². The SMILES string of the molecule is CC(C)OCCCN1C[C@@]23C=C[C@H](O2)[C@H](C(=O)O)[C@H]3C1=O. The van der Waals surface area contributed by atoms with Crippen LogP contribution in [0.25, 0.3) is 0 Å². The van der Waals surface area contributed by atoms with Crippen molar-refractivity contribution < 1.29 is 24.2 Å². The van der Waals surface area contributed by atoms with E-state index in [4.69, 9.17) is 9.47 Å². The average molecular weight is 295 g/mol. The fourth-order valence-corrected chi connectivity index (χ4v) is 3.62. The van der Waals surface area contributed by atoms with Gasteiger partial charge in [-0.1, -0.05) is 12.2 Å². The molecular weight excluding hydrogens is 274 g/mol. The number of rotatable bonds is 6. The summed E-state index contributed by atoms with van der Waals surface area (Å²) in [7, 11) is 0. The maximum Gasteiger partial charge on any atom is 0.310 e. The zero-order chi connectivity index (χ0) is 15.2. The lowest BCUT2D eigenvalue weighted by molar-refractivity contribution is -0.148. The first-order chi connectivity index (χ1) is 9.94. The second kappa shape index (κ2) is 5.10. The normalized spacial score (nSPS) is 36.8. The predicted octanol–water partition coefficient (Wildman–Crippen LogP) is 0.668. The van der Waals surface area contributed by atoms with Crippen LogP contribution in [0, 0.1) is 11.8 Å². The average Bonchev–Trinajstić information content (AvgIpc) is 3.03. The van der Waals surface area contributed by atoms with Crippen molar-refractivity contribution in [1.29, 1.82) is 0 Å². The van der Waals surface area contributed by atoms with Crippen molar-refractivity contribution in [3.05, 3.63) is 12.2 Å². The molecule has 1 spiro atoms. The number of hydrogen-bond donors (Lipinski definition) is 1. The summed E-state index contributed by atoms with van der Waals surface area (Å²) in [6.45, 7) is 5.58. The lowest BCUT2D eigenvalue weighted by Gasteiger charge is -2.21. The molecule has 1 N–H and O–H groups in total. The first-order valence-corrected chi connectivity index (χ1v) is 7.45. The maximum absolute atomic E-state index is 12.5. The zero-order valence-corrected chi connectivity index (χ0v) is 12.3. The lowest BCUT2D eigenvalue weighted by atomic mass is 9.77. The van der Waals surface area contributed by atoms with Crippen molar-refractivity contribution in [2.75, 3.05) is 19.7 Å². The Kier molecular flexibility index (Phi) is 3.53. The van der Waals surface area contributed by atoms with E-state index in [0.717, 1.165) is 6.42 Å². The molecule has 0 aromatic carbocycles. The summed E-state index contributed by atoms with van der Waals surface area (Å²) in [5, 5.41) is 9.35. The maximum atomic E-state index is 12.5. The molecule has 0 saturated carbocycles. The van der Waals surface area contributed by atoms with E-state index in [1.807, 2.05) is 19.9 Å². The highest BCUT2D eigenvalue weighted by atomic mass is 16.5. The van der Waals surface area contributed by atoms with Crippen LogP contribution in [-0.2, 0) is 19.1 Å². The van der Waals surface area contributed by atoms with Gasteiger partial charge in [0.1, 0.15) is 11.5 Å². The van der Waals surface area contributed by atoms with Crippen molar-refractivity contribution in [3.63, 3.8) is 0 Å². The third kappa shape index (κ3) is 2.26. The van der Waals surface area contributed by atoms with Gasteiger partial charge >= 0.3 is 5.97 Å². The van der Waals surface area contributed by atoms with Crippen LogP contribution in [0.15, 0.2) is 12.2 Å². The van der Waals surface area contributed by atoms with Gasteiger partial charge in [-0.2, -0.15) is 0 Å². The molecule has 2 saturated heterocycles. The zero-order valence-electron chi connectivity index (χ0n) is 12.3. The number of hydrogen-bond acceptors (Lipinski definition) is 4. The fourth-order valence-electron chi connectivity index (χ4n) is 3.62. The topological polar surface area (TPSA) is 76.1 Å². The number of carboxylic acid groups (broad SMARTS) is 1. The van der Waals surface area contributed by atoms with Gasteiger partial charge < -0.3 is 19.5 Å². The van der Waals surface area contributed by atoms with Gasteiger partial charge in [0.05, 0.1) is 24.7 Å². The van der Waals surface area contributed by atoms with Crippen molar-refractivity contribution in [2.24, 2.45) is 11.8 Å². The molecule has 116 valence electrons. The van der Waals surface area contributed by atoms with E-state index in [2.05, 4.69) is 0 Å². The summed E-state index contributed by atoms with van der Waals surface area (Å²) >= 11 is 0. The van der Waals surface area contributed by atoms with Gasteiger partial charge in [0.15, 0.2) is 0 Å². The molecule has 0 aliphatic carbocycles. The number of likely N-dealkylation sites (tertiary alicyclic amines) is 1. The van der Waals surface area contributed by atoms with Gasteiger partial charge in [0, 0.05) is 13.2 Å². The minimum absolute atomic E-state index is 0.0983. The van der Waals surface area contributed by atoms with E-state index in [-0.39, 0.29) is 12.0 Å². The molecule has 0 unspecified atom stereocenters. The van der Waals surface area contributed by atoms with Crippen molar-refractivity contribution in [3.8, 4) is 0 Å². The summed E-state index contributed by atoms with van der Waals surface area (Å²) in [5.41, 5.74) is -0.719. The van der Waals surface area contributed by atoms with E-state index >= 15 is 0 Å². The molecule has 0 aromatic rings. The smallest absolute Gasteiger partial charge is 0.310 e. The van der Waals surface area contributed by atoms with Gasteiger partial charge in [-0.3, -0.25) is 9.59 Å². The van der Waals surface area contributed by atoms with E-state index in [1.165, 1.54) is 0 Å². The number of carbonyl (C=O) groups is 2. The molecule has 6 heteroatoms. The molecule has 4 atom stereocenters. The highest BCUT2D eigenvalue weighted by Gasteiger charge is 2.66. The molecule has 1 amide bonds. The largest absolute Gasteiger partial charge is 0.481 e. The van der Waals surface area contributed by atoms with Crippen LogP contribution < -0.4 is 0 Å². The monoisotopic (exact) mass is 295 g/mol. The van der Waals surface area contributed by atoms with Gasteiger partial charge in [-0.25, -0.2) is 0 Å². The molecule has 2 bridgehead atoms. The Hall–Kier alpha value is -1.40. The lowest BCUT2D eigenvalue weighted by Crippen LogP contribution is -2.39. The fraction of sp³-hybridized carbons (Fsp3) is 0.733. The molecule has 3 rings (SSSR count). The van der Waals surface area contributed by atoms with Crippen molar-refractivity contribution in [2.45, 2.75) is 38.1 Å². The van der Waals surface area contributed by atoms with E-state index in [0.29, 0.717) is 19.7 Å². The first kappa shape index (κ1) is 14.5. The van der Waals surface area contributed by atoms with E-state index in [9.17, 15) is 14.7 Å². The Morgan fingerprint density at radius 2 is 2.38 bits per heavy atom. The number of fused-ring (bicyclic) bond motifs is 1.